The van der Waals surface area contributed by atoms with E-state index >= 15 is 0 Å². The van der Waals surface area contributed by atoms with Crippen molar-refractivity contribution in [2.75, 3.05) is 19.0 Å². The summed E-state index contributed by atoms with van der Waals surface area (Å²) in [5.41, 5.74) is 8.37. The largest absolute Gasteiger partial charge is 0.469 e. The molecule has 122 valence electrons. The number of nitrogens with two attached hydrogens (primary N) is 1. The van der Waals surface area contributed by atoms with Crippen LogP contribution in [0.15, 0.2) is 24.3 Å². The van der Waals surface area contributed by atoms with E-state index in [2.05, 4.69) is 34.3 Å². The number of anilines is 1. The van der Waals surface area contributed by atoms with Crippen LogP contribution >= 0.6 is 0 Å². The number of benzene rings is 1. The van der Waals surface area contributed by atoms with Gasteiger partial charge in [0, 0.05) is 24.7 Å². The van der Waals surface area contributed by atoms with Crippen LogP contribution in [0, 0.1) is 5.92 Å². The lowest BCUT2D eigenvalue weighted by Gasteiger charge is -2.26. The monoisotopic (exact) mass is 304 g/mol. The van der Waals surface area contributed by atoms with E-state index in [-0.39, 0.29) is 5.97 Å². The van der Waals surface area contributed by atoms with E-state index in [0.29, 0.717) is 12.5 Å². The van der Waals surface area contributed by atoms with Crippen LogP contribution in [-0.2, 0) is 16.0 Å². The van der Waals surface area contributed by atoms with E-state index in [1.54, 1.807) is 0 Å². The fourth-order valence-electron chi connectivity index (χ4n) is 2.98. The number of esters is 1. The van der Waals surface area contributed by atoms with Gasteiger partial charge in [-0.1, -0.05) is 12.1 Å². The van der Waals surface area contributed by atoms with Crippen molar-refractivity contribution in [1.82, 2.24) is 0 Å². The molecule has 0 amide bonds. The number of ether oxygens (including phenoxy) is 1. The molecule has 1 saturated carbocycles. The average Bonchev–Trinajstić information content (AvgIpc) is 2.55. The van der Waals surface area contributed by atoms with Crippen LogP contribution in [0.2, 0.25) is 0 Å². The van der Waals surface area contributed by atoms with Crippen LogP contribution in [0.5, 0.6) is 0 Å². The molecule has 1 fully saturated rings. The molecule has 1 aliphatic rings. The molecule has 0 atom stereocenters. The number of hydrogen-bond acceptors (Lipinski definition) is 4. The van der Waals surface area contributed by atoms with E-state index < -0.39 is 0 Å². The third-order valence-electron chi connectivity index (χ3n) is 4.51. The van der Waals surface area contributed by atoms with Crippen molar-refractivity contribution in [3.8, 4) is 0 Å². The van der Waals surface area contributed by atoms with Crippen molar-refractivity contribution in [2.24, 2.45) is 11.7 Å². The van der Waals surface area contributed by atoms with Crippen molar-refractivity contribution < 1.29 is 9.53 Å². The van der Waals surface area contributed by atoms with Gasteiger partial charge in [-0.25, -0.2) is 0 Å². The van der Waals surface area contributed by atoms with E-state index in [4.69, 9.17) is 5.73 Å². The molecular formula is C18H28N2O2. The molecule has 3 N–H and O–H groups in total. The predicted molar refractivity (Wildman–Crippen MR) is 89.8 cm³/mol. The molecule has 0 spiro atoms. The number of methoxy groups -OCH3 is 1. The van der Waals surface area contributed by atoms with Gasteiger partial charge in [-0.3, -0.25) is 4.79 Å². The Morgan fingerprint density at radius 1 is 1.23 bits per heavy atom. The van der Waals surface area contributed by atoms with E-state index in [1.165, 1.54) is 31.2 Å². The third-order valence-corrected chi connectivity index (χ3v) is 4.51. The highest BCUT2D eigenvalue weighted by molar-refractivity contribution is 5.69. The molecule has 0 aromatic heterocycles. The number of carbonyl (C=O) groups is 1. The lowest BCUT2D eigenvalue weighted by molar-refractivity contribution is -0.140. The predicted octanol–water partition coefficient (Wildman–Crippen LogP) is 3.11. The number of carbonyl (C=O) groups excluding carboxylic acids is 1. The Balaban J connectivity index is 1.69. The fraction of sp³-hybridized carbons (Fsp3) is 0.611. The quantitative estimate of drug-likeness (QED) is 0.760. The molecule has 0 radical (unpaired) electrons. The summed E-state index contributed by atoms with van der Waals surface area (Å²) in [7, 11) is 1.43. The Kier molecular flexibility index (Phi) is 6.72. The normalized spacial score (nSPS) is 21.4. The molecule has 1 aliphatic carbocycles. The lowest BCUT2D eigenvalue weighted by atomic mass is 9.86. The summed E-state index contributed by atoms with van der Waals surface area (Å²) in [6.07, 6.45) is 7.02. The molecule has 1 aromatic rings. The summed E-state index contributed by atoms with van der Waals surface area (Å²) in [6.45, 7) is 1.04. The third kappa shape index (κ3) is 5.68. The van der Waals surface area contributed by atoms with Gasteiger partial charge < -0.3 is 15.8 Å². The van der Waals surface area contributed by atoms with Crippen molar-refractivity contribution in [1.29, 1.82) is 0 Å². The van der Waals surface area contributed by atoms with Gasteiger partial charge in [-0.05, 0) is 62.1 Å². The molecule has 22 heavy (non-hydrogen) atoms. The van der Waals surface area contributed by atoms with Crippen molar-refractivity contribution in [3.63, 3.8) is 0 Å². The van der Waals surface area contributed by atoms with Gasteiger partial charge >= 0.3 is 5.97 Å². The zero-order valence-corrected chi connectivity index (χ0v) is 13.5. The molecule has 1 aromatic carbocycles. The first-order valence-electron chi connectivity index (χ1n) is 8.32. The van der Waals surface area contributed by atoms with Crippen LogP contribution in [0.3, 0.4) is 0 Å². The lowest BCUT2D eigenvalue weighted by Crippen LogP contribution is -2.29. The maximum atomic E-state index is 11.1. The molecule has 0 saturated heterocycles. The highest BCUT2D eigenvalue weighted by Gasteiger charge is 2.17. The van der Waals surface area contributed by atoms with Crippen molar-refractivity contribution in [2.45, 2.75) is 51.0 Å². The van der Waals surface area contributed by atoms with Crippen LogP contribution in [0.25, 0.3) is 0 Å². The second-order valence-corrected chi connectivity index (χ2v) is 6.29. The van der Waals surface area contributed by atoms with Crippen LogP contribution in [0.1, 0.15) is 44.1 Å². The Morgan fingerprint density at radius 3 is 2.55 bits per heavy atom. The molecule has 2 rings (SSSR count). The topological polar surface area (TPSA) is 64.3 Å². The molecule has 0 bridgehead atoms. The standard InChI is InChI=1S/C18H28N2O2/c1-22-18(21)4-2-3-14-7-11-17(12-8-14)20-13-15-5-9-16(19)10-6-15/h7-8,11-12,15-16,20H,2-6,9-10,13,19H2,1H3/t15-,16-. The van der Waals surface area contributed by atoms with Crippen LogP contribution < -0.4 is 11.1 Å². The Hall–Kier alpha value is -1.55. The van der Waals surface area contributed by atoms with Crippen molar-refractivity contribution in [3.05, 3.63) is 29.8 Å². The summed E-state index contributed by atoms with van der Waals surface area (Å²) in [4.78, 5) is 11.1. The second kappa shape index (κ2) is 8.79. The Bertz CT molecular complexity index is 451. The van der Waals surface area contributed by atoms with Gasteiger partial charge in [-0.15, -0.1) is 0 Å². The van der Waals surface area contributed by atoms with E-state index in [9.17, 15) is 4.79 Å². The smallest absolute Gasteiger partial charge is 0.305 e. The number of nitrogens with one attached hydrogen (secondary N) is 1. The highest BCUT2D eigenvalue weighted by Crippen LogP contribution is 2.23. The van der Waals surface area contributed by atoms with Gasteiger partial charge in [0.2, 0.25) is 0 Å². The summed E-state index contributed by atoms with van der Waals surface area (Å²) < 4.78 is 4.65. The minimum Gasteiger partial charge on any atom is -0.469 e. The maximum Gasteiger partial charge on any atom is 0.305 e. The zero-order chi connectivity index (χ0) is 15.8. The maximum absolute atomic E-state index is 11.1. The Morgan fingerprint density at radius 2 is 1.91 bits per heavy atom. The molecular weight excluding hydrogens is 276 g/mol. The molecule has 0 heterocycles. The molecule has 0 aliphatic heterocycles. The summed E-state index contributed by atoms with van der Waals surface area (Å²) in [6, 6.07) is 8.94. The van der Waals surface area contributed by atoms with Gasteiger partial charge in [0.1, 0.15) is 0 Å². The zero-order valence-electron chi connectivity index (χ0n) is 13.5. The minimum absolute atomic E-state index is 0.134. The van der Waals surface area contributed by atoms with Gasteiger partial charge in [0.25, 0.3) is 0 Å². The van der Waals surface area contributed by atoms with Gasteiger partial charge in [0.15, 0.2) is 0 Å². The summed E-state index contributed by atoms with van der Waals surface area (Å²) in [5, 5.41) is 3.52. The number of aryl methyl sites for hydroxylation is 1. The van der Waals surface area contributed by atoms with Crippen LogP contribution in [0.4, 0.5) is 5.69 Å². The van der Waals surface area contributed by atoms with E-state index in [0.717, 1.165) is 38.1 Å². The summed E-state index contributed by atoms with van der Waals surface area (Å²) in [5.74, 6) is 0.616. The first kappa shape index (κ1) is 16.8. The molecule has 4 heteroatoms. The molecule has 4 nitrogen and oxygen atoms in total. The average molecular weight is 304 g/mol. The van der Waals surface area contributed by atoms with Gasteiger partial charge in [0.05, 0.1) is 7.11 Å². The number of rotatable bonds is 7. The number of hydrogen-bond donors (Lipinski definition) is 2. The summed E-state index contributed by atoms with van der Waals surface area (Å²) >= 11 is 0. The fourth-order valence-corrected chi connectivity index (χ4v) is 2.98. The van der Waals surface area contributed by atoms with Gasteiger partial charge in [-0.2, -0.15) is 0 Å². The van der Waals surface area contributed by atoms with Crippen molar-refractivity contribution >= 4 is 11.7 Å². The highest BCUT2D eigenvalue weighted by atomic mass is 16.5. The first-order chi connectivity index (χ1) is 10.7. The molecule has 0 unspecified atom stereocenters. The van der Waals surface area contributed by atoms with Crippen LogP contribution in [-0.4, -0.2) is 25.7 Å². The first-order valence-corrected chi connectivity index (χ1v) is 8.32. The SMILES string of the molecule is COC(=O)CCCc1ccc(NC[C@H]2CC[C@H](N)CC2)cc1. The Labute approximate surface area is 133 Å². The minimum atomic E-state index is -0.134. The van der Waals surface area contributed by atoms with E-state index in [1.807, 2.05) is 0 Å². The second-order valence-electron chi connectivity index (χ2n) is 6.29.